The minimum atomic E-state index is -3.70. The Morgan fingerprint density at radius 2 is 2.15 bits per heavy atom. The van der Waals surface area contributed by atoms with E-state index in [9.17, 15) is 8.42 Å². The number of nitrogens with two attached hydrogens (primary N) is 1. The molecule has 1 rings (SSSR count). The monoisotopic (exact) mass is 200 g/mol. The van der Waals surface area contributed by atoms with Crippen LogP contribution in [0.2, 0.25) is 0 Å². The topological polar surface area (TPSA) is 69.4 Å². The van der Waals surface area contributed by atoms with E-state index in [1.807, 2.05) is 0 Å². The van der Waals surface area contributed by atoms with Gasteiger partial charge in [-0.15, -0.1) is 0 Å². The maximum Gasteiger partial charge on any atom is 0.297 e. The van der Waals surface area contributed by atoms with Crippen molar-refractivity contribution in [3.05, 3.63) is 36.9 Å². The van der Waals surface area contributed by atoms with Gasteiger partial charge in [-0.25, -0.2) is 0 Å². The van der Waals surface area contributed by atoms with E-state index in [0.717, 1.165) is 5.56 Å². The predicted molar refractivity (Wildman–Crippen MR) is 48.0 cm³/mol. The SMILES string of the molecule is [CH2]OS(=O)(=O)c1cccc(CN)c1. The Labute approximate surface area is 77.4 Å². The summed E-state index contributed by atoms with van der Waals surface area (Å²) < 4.78 is 26.4. The van der Waals surface area contributed by atoms with Crippen LogP contribution < -0.4 is 5.73 Å². The molecule has 0 bridgehead atoms. The molecule has 0 aliphatic heterocycles. The van der Waals surface area contributed by atoms with Gasteiger partial charge in [-0.1, -0.05) is 12.1 Å². The van der Waals surface area contributed by atoms with Crippen molar-refractivity contribution in [2.24, 2.45) is 5.73 Å². The molecule has 0 unspecified atom stereocenters. The highest BCUT2D eigenvalue weighted by Crippen LogP contribution is 2.13. The molecule has 0 spiro atoms. The third-order valence-corrected chi connectivity index (χ3v) is 2.72. The molecule has 0 aliphatic rings. The van der Waals surface area contributed by atoms with E-state index in [1.54, 1.807) is 12.1 Å². The van der Waals surface area contributed by atoms with Gasteiger partial charge in [0.25, 0.3) is 10.1 Å². The van der Waals surface area contributed by atoms with Crippen LogP contribution in [0.5, 0.6) is 0 Å². The maximum atomic E-state index is 11.1. The summed E-state index contributed by atoms with van der Waals surface area (Å²) in [7, 11) is -0.827. The van der Waals surface area contributed by atoms with Crippen LogP contribution in [0.25, 0.3) is 0 Å². The van der Waals surface area contributed by atoms with Gasteiger partial charge in [0.2, 0.25) is 0 Å². The summed E-state index contributed by atoms with van der Waals surface area (Å²) in [6, 6.07) is 6.23. The quantitative estimate of drug-likeness (QED) is 0.727. The van der Waals surface area contributed by atoms with Gasteiger partial charge in [0.15, 0.2) is 0 Å². The predicted octanol–water partition coefficient (Wildman–Crippen LogP) is 0.642. The molecule has 0 aliphatic carbocycles. The van der Waals surface area contributed by atoms with Crippen molar-refractivity contribution in [1.29, 1.82) is 0 Å². The molecule has 0 fully saturated rings. The third-order valence-electron chi connectivity index (χ3n) is 1.58. The molecule has 0 amide bonds. The van der Waals surface area contributed by atoms with E-state index >= 15 is 0 Å². The van der Waals surface area contributed by atoms with Crippen molar-refractivity contribution in [2.45, 2.75) is 11.4 Å². The standard InChI is InChI=1S/C8H10NO3S/c1-12-13(10,11)8-4-2-3-7(5-8)6-9/h2-5H,1,6,9H2. The highest BCUT2D eigenvalue weighted by molar-refractivity contribution is 7.86. The van der Waals surface area contributed by atoms with Crippen LogP contribution in [0, 0.1) is 7.11 Å². The van der Waals surface area contributed by atoms with Crippen LogP contribution in [0.3, 0.4) is 0 Å². The summed E-state index contributed by atoms with van der Waals surface area (Å²) in [5.74, 6) is 0. The molecule has 5 heteroatoms. The fourth-order valence-corrected chi connectivity index (χ4v) is 1.57. The summed E-state index contributed by atoms with van der Waals surface area (Å²) in [5, 5.41) is 0. The first-order valence-corrected chi connectivity index (χ1v) is 4.98. The lowest BCUT2D eigenvalue weighted by molar-refractivity contribution is 0.438. The van der Waals surface area contributed by atoms with Crippen molar-refractivity contribution >= 4 is 10.1 Å². The summed E-state index contributed by atoms with van der Waals surface area (Å²) in [6.07, 6.45) is 0. The molecular weight excluding hydrogens is 190 g/mol. The Balaban J connectivity index is 3.17. The lowest BCUT2D eigenvalue weighted by Gasteiger charge is -2.02. The molecule has 0 heterocycles. The summed E-state index contributed by atoms with van der Waals surface area (Å²) in [5.41, 5.74) is 6.09. The van der Waals surface area contributed by atoms with E-state index in [0.29, 0.717) is 6.54 Å². The molecule has 0 saturated carbocycles. The van der Waals surface area contributed by atoms with Crippen LogP contribution in [-0.4, -0.2) is 8.42 Å². The van der Waals surface area contributed by atoms with Crippen molar-refractivity contribution in [3.63, 3.8) is 0 Å². The molecule has 71 valence electrons. The van der Waals surface area contributed by atoms with Crippen molar-refractivity contribution in [3.8, 4) is 0 Å². The maximum absolute atomic E-state index is 11.1. The number of benzene rings is 1. The van der Waals surface area contributed by atoms with E-state index < -0.39 is 10.1 Å². The average molecular weight is 200 g/mol. The molecular formula is C8H10NO3S. The minimum absolute atomic E-state index is 0.0745. The van der Waals surface area contributed by atoms with Crippen LogP contribution in [-0.2, 0) is 20.8 Å². The fourth-order valence-electron chi connectivity index (χ4n) is 0.896. The Morgan fingerprint density at radius 1 is 1.46 bits per heavy atom. The van der Waals surface area contributed by atoms with Gasteiger partial charge in [-0.2, -0.15) is 8.42 Å². The molecule has 1 aromatic rings. The summed E-state index contributed by atoms with van der Waals surface area (Å²) in [6.45, 7) is 0.292. The Hall–Kier alpha value is -0.910. The molecule has 4 nitrogen and oxygen atoms in total. The molecule has 1 aromatic carbocycles. The second-order valence-corrected chi connectivity index (χ2v) is 4.04. The fraction of sp³-hybridized carbons (Fsp3) is 0.125. The van der Waals surface area contributed by atoms with Gasteiger partial charge in [0, 0.05) is 6.54 Å². The Morgan fingerprint density at radius 3 is 2.69 bits per heavy atom. The van der Waals surface area contributed by atoms with Gasteiger partial charge in [0.1, 0.15) is 0 Å². The van der Waals surface area contributed by atoms with Gasteiger partial charge < -0.3 is 5.73 Å². The van der Waals surface area contributed by atoms with Gasteiger partial charge >= 0.3 is 0 Å². The molecule has 2 N–H and O–H groups in total. The van der Waals surface area contributed by atoms with E-state index in [-0.39, 0.29) is 4.90 Å². The van der Waals surface area contributed by atoms with Crippen LogP contribution in [0.1, 0.15) is 5.56 Å². The van der Waals surface area contributed by atoms with E-state index in [1.165, 1.54) is 12.1 Å². The van der Waals surface area contributed by atoms with Crippen LogP contribution in [0.15, 0.2) is 29.2 Å². The van der Waals surface area contributed by atoms with Gasteiger partial charge in [-0.3, -0.25) is 4.18 Å². The summed E-state index contributed by atoms with van der Waals surface area (Å²) >= 11 is 0. The number of hydrogen-bond donors (Lipinski definition) is 1. The van der Waals surface area contributed by atoms with Crippen molar-refractivity contribution < 1.29 is 12.6 Å². The second kappa shape index (κ2) is 3.87. The first-order valence-electron chi connectivity index (χ1n) is 3.58. The Bertz CT molecular complexity index is 386. The van der Waals surface area contributed by atoms with E-state index in [2.05, 4.69) is 11.3 Å². The zero-order chi connectivity index (χ0) is 9.90. The highest BCUT2D eigenvalue weighted by Gasteiger charge is 2.12. The zero-order valence-electron chi connectivity index (χ0n) is 6.93. The number of rotatable bonds is 3. The average Bonchev–Trinajstić information content (AvgIpc) is 2.18. The van der Waals surface area contributed by atoms with Gasteiger partial charge in [0.05, 0.1) is 12.0 Å². The smallest absolute Gasteiger partial charge is 0.297 e. The Kier molecular flexibility index (Phi) is 3.02. The lowest BCUT2D eigenvalue weighted by Crippen LogP contribution is -2.03. The highest BCUT2D eigenvalue weighted by atomic mass is 32.2. The first kappa shape index (κ1) is 10.2. The number of hydrogen-bond acceptors (Lipinski definition) is 4. The minimum Gasteiger partial charge on any atom is -0.326 e. The van der Waals surface area contributed by atoms with Crippen LogP contribution in [0.4, 0.5) is 0 Å². The lowest BCUT2D eigenvalue weighted by atomic mass is 10.2. The van der Waals surface area contributed by atoms with Crippen molar-refractivity contribution in [2.75, 3.05) is 0 Å². The van der Waals surface area contributed by atoms with Gasteiger partial charge in [-0.05, 0) is 17.7 Å². The normalized spacial score (nSPS) is 11.5. The molecule has 1 radical (unpaired) electrons. The van der Waals surface area contributed by atoms with Crippen molar-refractivity contribution in [1.82, 2.24) is 0 Å². The molecule has 0 saturated heterocycles. The summed E-state index contributed by atoms with van der Waals surface area (Å²) in [4.78, 5) is 0.0745. The second-order valence-electron chi connectivity index (χ2n) is 2.42. The zero-order valence-corrected chi connectivity index (χ0v) is 7.75. The van der Waals surface area contributed by atoms with E-state index in [4.69, 9.17) is 5.73 Å². The molecule has 0 aromatic heterocycles. The third kappa shape index (κ3) is 2.27. The first-order chi connectivity index (χ1) is 6.10. The molecule has 13 heavy (non-hydrogen) atoms. The van der Waals surface area contributed by atoms with Crippen LogP contribution >= 0.6 is 0 Å². The largest absolute Gasteiger partial charge is 0.326 e. The molecule has 0 atom stereocenters.